The molecule has 88 valence electrons. The zero-order chi connectivity index (χ0) is 12.3. The molecule has 0 heterocycles. The van der Waals surface area contributed by atoms with Crippen LogP contribution in [0.1, 0.15) is 10.4 Å². The van der Waals surface area contributed by atoms with Crippen LogP contribution < -0.4 is 16.4 Å². The first kappa shape index (κ1) is 12.2. The second-order valence-corrected chi connectivity index (χ2v) is 3.41. The number of amides is 1. The van der Waals surface area contributed by atoms with Gasteiger partial charge < -0.3 is 16.4 Å². The van der Waals surface area contributed by atoms with Crippen molar-refractivity contribution in [2.24, 2.45) is 5.73 Å². The highest BCUT2D eigenvalue weighted by Crippen LogP contribution is 2.23. The lowest BCUT2D eigenvalue weighted by molar-refractivity contribution is 0.1000. The lowest BCUT2D eigenvalue weighted by Crippen LogP contribution is -2.25. The van der Waals surface area contributed by atoms with Gasteiger partial charge in [-0.05, 0) is 18.2 Å². The van der Waals surface area contributed by atoms with Crippen molar-refractivity contribution in [1.82, 2.24) is 0 Å². The van der Waals surface area contributed by atoms with Gasteiger partial charge in [0, 0.05) is 12.6 Å². The molecule has 0 atom stereocenters. The third-order valence-corrected chi connectivity index (χ3v) is 2.14. The first-order chi connectivity index (χ1) is 7.41. The standard InChI is InChI=1S/C10H13F2N3O/c1-15(5-9(11)12)8-3-2-6(10(14)16)4-7(8)13/h2-4,9H,5,13H2,1H3,(H2,14,16). The third-order valence-electron chi connectivity index (χ3n) is 2.14. The van der Waals surface area contributed by atoms with E-state index in [2.05, 4.69) is 0 Å². The summed E-state index contributed by atoms with van der Waals surface area (Å²) in [7, 11) is 1.50. The van der Waals surface area contributed by atoms with E-state index in [4.69, 9.17) is 11.5 Å². The fraction of sp³-hybridized carbons (Fsp3) is 0.300. The van der Waals surface area contributed by atoms with Crippen LogP contribution >= 0.6 is 0 Å². The summed E-state index contributed by atoms with van der Waals surface area (Å²) in [5, 5.41) is 0. The minimum atomic E-state index is -2.44. The fourth-order valence-electron chi connectivity index (χ4n) is 1.36. The number of nitrogens with zero attached hydrogens (tertiary/aromatic N) is 1. The molecule has 0 spiro atoms. The van der Waals surface area contributed by atoms with Crippen LogP contribution in [0.2, 0.25) is 0 Å². The van der Waals surface area contributed by atoms with Crippen molar-refractivity contribution in [3.63, 3.8) is 0 Å². The molecule has 1 amide bonds. The van der Waals surface area contributed by atoms with Gasteiger partial charge in [0.15, 0.2) is 0 Å². The Balaban J connectivity index is 2.94. The number of carbonyl (C=O) groups excluding carboxylic acids is 1. The summed E-state index contributed by atoms with van der Waals surface area (Å²) in [5.41, 5.74) is 11.7. The van der Waals surface area contributed by atoms with Crippen molar-refractivity contribution in [2.45, 2.75) is 6.43 Å². The summed E-state index contributed by atoms with van der Waals surface area (Å²) in [6, 6.07) is 4.33. The predicted molar refractivity (Wildman–Crippen MR) is 58.6 cm³/mol. The SMILES string of the molecule is CN(CC(F)F)c1ccc(C(N)=O)cc1N. The molecule has 6 heteroatoms. The number of carbonyl (C=O) groups is 1. The Bertz CT molecular complexity index is 396. The molecule has 1 rings (SSSR count). The largest absolute Gasteiger partial charge is 0.397 e. The van der Waals surface area contributed by atoms with Gasteiger partial charge in [-0.1, -0.05) is 0 Å². The molecule has 16 heavy (non-hydrogen) atoms. The van der Waals surface area contributed by atoms with E-state index in [-0.39, 0.29) is 11.3 Å². The molecular formula is C10H13F2N3O. The maximum Gasteiger partial charge on any atom is 0.255 e. The molecule has 0 bridgehead atoms. The highest BCUT2D eigenvalue weighted by molar-refractivity contribution is 5.94. The summed E-state index contributed by atoms with van der Waals surface area (Å²) in [6.45, 7) is -0.417. The number of nitrogen functional groups attached to an aromatic ring is 1. The van der Waals surface area contributed by atoms with Gasteiger partial charge >= 0.3 is 0 Å². The van der Waals surface area contributed by atoms with Gasteiger partial charge in [-0.3, -0.25) is 4.79 Å². The van der Waals surface area contributed by atoms with Gasteiger partial charge in [0.25, 0.3) is 6.43 Å². The first-order valence-electron chi connectivity index (χ1n) is 4.60. The number of hydrogen-bond donors (Lipinski definition) is 2. The molecule has 0 aliphatic heterocycles. The summed E-state index contributed by atoms with van der Waals surface area (Å²) in [6.07, 6.45) is -2.44. The second-order valence-electron chi connectivity index (χ2n) is 3.41. The molecule has 1 aromatic rings. The number of rotatable bonds is 4. The van der Waals surface area contributed by atoms with Crippen molar-refractivity contribution < 1.29 is 13.6 Å². The Morgan fingerprint density at radius 2 is 2.12 bits per heavy atom. The zero-order valence-corrected chi connectivity index (χ0v) is 8.78. The van der Waals surface area contributed by atoms with Gasteiger partial charge in [-0.25, -0.2) is 8.78 Å². The molecule has 0 saturated heterocycles. The van der Waals surface area contributed by atoms with Crippen LogP contribution in [0.4, 0.5) is 20.2 Å². The summed E-state index contributed by atoms with van der Waals surface area (Å²) >= 11 is 0. The van der Waals surface area contributed by atoms with E-state index in [9.17, 15) is 13.6 Å². The summed E-state index contributed by atoms with van der Waals surface area (Å²) in [5.74, 6) is -0.602. The molecule has 4 nitrogen and oxygen atoms in total. The molecule has 0 aromatic heterocycles. The Kier molecular flexibility index (Phi) is 3.65. The lowest BCUT2D eigenvalue weighted by atomic mass is 10.1. The molecule has 0 aliphatic rings. The number of anilines is 2. The fourth-order valence-corrected chi connectivity index (χ4v) is 1.36. The quantitative estimate of drug-likeness (QED) is 0.758. The van der Waals surface area contributed by atoms with Crippen LogP contribution in [-0.4, -0.2) is 25.9 Å². The average Bonchev–Trinajstić information content (AvgIpc) is 2.15. The topological polar surface area (TPSA) is 72.3 Å². The van der Waals surface area contributed by atoms with Crippen LogP contribution in [0.5, 0.6) is 0 Å². The minimum Gasteiger partial charge on any atom is -0.397 e. The molecule has 0 aliphatic carbocycles. The zero-order valence-electron chi connectivity index (χ0n) is 8.78. The van der Waals surface area contributed by atoms with Gasteiger partial charge in [0.05, 0.1) is 17.9 Å². The van der Waals surface area contributed by atoms with Crippen LogP contribution in [0.3, 0.4) is 0 Å². The Morgan fingerprint density at radius 3 is 2.56 bits per heavy atom. The van der Waals surface area contributed by atoms with Gasteiger partial charge in [-0.15, -0.1) is 0 Å². The number of hydrogen-bond acceptors (Lipinski definition) is 3. The minimum absolute atomic E-state index is 0.249. The van der Waals surface area contributed by atoms with Crippen molar-refractivity contribution >= 4 is 17.3 Å². The molecule has 1 aromatic carbocycles. The van der Waals surface area contributed by atoms with Crippen molar-refractivity contribution in [2.75, 3.05) is 24.2 Å². The number of nitrogens with two attached hydrogens (primary N) is 2. The van der Waals surface area contributed by atoms with E-state index in [1.807, 2.05) is 0 Å². The van der Waals surface area contributed by atoms with Crippen molar-refractivity contribution in [1.29, 1.82) is 0 Å². The Labute approximate surface area is 91.8 Å². The van der Waals surface area contributed by atoms with Crippen LogP contribution in [0.15, 0.2) is 18.2 Å². The van der Waals surface area contributed by atoms with E-state index in [0.717, 1.165) is 0 Å². The number of halogens is 2. The Morgan fingerprint density at radius 1 is 1.50 bits per heavy atom. The lowest BCUT2D eigenvalue weighted by Gasteiger charge is -2.20. The van der Waals surface area contributed by atoms with E-state index < -0.39 is 18.9 Å². The number of alkyl halides is 2. The summed E-state index contributed by atoms with van der Waals surface area (Å²) in [4.78, 5) is 12.2. The monoisotopic (exact) mass is 229 g/mol. The molecule has 4 N–H and O–H groups in total. The normalized spacial score (nSPS) is 10.5. The molecular weight excluding hydrogens is 216 g/mol. The smallest absolute Gasteiger partial charge is 0.255 e. The highest BCUT2D eigenvalue weighted by atomic mass is 19.3. The first-order valence-corrected chi connectivity index (χ1v) is 4.60. The van der Waals surface area contributed by atoms with E-state index >= 15 is 0 Å². The molecule has 0 unspecified atom stereocenters. The highest BCUT2D eigenvalue weighted by Gasteiger charge is 2.12. The summed E-state index contributed by atoms with van der Waals surface area (Å²) < 4.78 is 24.3. The van der Waals surface area contributed by atoms with Crippen LogP contribution in [0.25, 0.3) is 0 Å². The van der Waals surface area contributed by atoms with Gasteiger partial charge in [-0.2, -0.15) is 0 Å². The van der Waals surface area contributed by atoms with Gasteiger partial charge in [0.1, 0.15) is 0 Å². The molecule has 0 radical (unpaired) electrons. The third kappa shape index (κ3) is 2.82. The second kappa shape index (κ2) is 4.78. The molecule has 0 fully saturated rings. The van der Waals surface area contributed by atoms with Crippen molar-refractivity contribution in [3.05, 3.63) is 23.8 Å². The predicted octanol–water partition coefficient (Wildman–Crippen LogP) is 1.07. The van der Waals surface area contributed by atoms with Gasteiger partial charge in [0.2, 0.25) is 5.91 Å². The number of primary amides is 1. The maximum atomic E-state index is 12.2. The average molecular weight is 229 g/mol. The van der Waals surface area contributed by atoms with Crippen LogP contribution in [0, 0.1) is 0 Å². The Hall–Kier alpha value is -1.85. The molecule has 0 saturated carbocycles. The maximum absolute atomic E-state index is 12.2. The number of benzene rings is 1. The van der Waals surface area contributed by atoms with E-state index in [0.29, 0.717) is 5.69 Å². The van der Waals surface area contributed by atoms with E-state index in [1.54, 1.807) is 0 Å². The van der Waals surface area contributed by atoms with Crippen LogP contribution in [-0.2, 0) is 0 Å². The van der Waals surface area contributed by atoms with E-state index in [1.165, 1.54) is 30.1 Å². The van der Waals surface area contributed by atoms with Crippen molar-refractivity contribution in [3.8, 4) is 0 Å².